The van der Waals surface area contributed by atoms with Crippen LogP contribution in [0, 0.1) is 0 Å². The van der Waals surface area contributed by atoms with Crippen LogP contribution >= 0.6 is 11.6 Å². The van der Waals surface area contributed by atoms with Crippen molar-refractivity contribution in [2.75, 3.05) is 32.1 Å². The van der Waals surface area contributed by atoms with Gasteiger partial charge in [0.15, 0.2) is 0 Å². The summed E-state index contributed by atoms with van der Waals surface area (Å²) in [7, 11) is 0. The summed E-state index contributed by atoms with van der Waals surface area (Å²) in [6, 6.07) is 6.61. The third kappa shape index (κ3) is 4.44. The minimum Gasteiger partial charge on any atom is -0.448 e. The molecule has 2 aliphatic heterocycles. The topological polar surface area (TPSA) is 96.0 Å². The average Bonchev–Trinajstić information content (AvgIpc) is 2.95. The zero-order chi connectivity index (χ0) is 20.1. The second kappa shape index (κ2) is 9.05. The maximum Gasteiger partial charge on any atom is 0.407 e. The van der Waals surface area contributed by atoms with Crippen LogP contribution < -0.4 is 5.32 Å². The lowest BCUT2D eigenvalue weighted by Gasteiger charge is -2.32. The van der Waals surface area contributed by atoms with Gasteiger partial charge in [0.05, 0.1) is 17.0 Å². The van der Waals surface area contributed by atoms with E-state index in [9.17, 15) is 19.2 Å². The number of ether oxygens (including phenoxy) is 1. The Bertz CT molecular complexity index is 742. The van der Waals surface area contributed by atoms with E-state index in [1.54, 1.807) is 29.2 Å². The molecule has 1 aromatic carbocycles. The molecule has 0 atom stereocenters. The van der Waals surface area contributed by atoms with Crippen LogP contribution in [0.15, 0.2) is 24.3 Å². The quantitative estimate of drug-likeness (QED) is 0.571. The SMILES string of the molecule is O=C(NC1CCN(C(=O)CCN2C(=O)c3ccccc3C2=O)CC1)OCCCl. The summed E-state index contributed by atoms with van der Waals surface area (Å²) in [5.41, 5.74) is 0.765. The van der Waals surface area contributed by atoms with Gasteiger partial charge in [0.25, 0.3) is 11.8 Å². The minimum atomic E-state index is -0.504. The summed E-state index contributed by atoms with van der Waals surface area (Å²) in [6.45, 7) is 1.22. The molecule has 9 heteroatoms. The molecular formula is C19H22ClN3O5. The molecule has 0 aliphatic carbocycles. The Morgan fingerprint density at radius 2 is 1.71 bits per heavy atom. The maximum atomic E-state index is 12.5. The number of alkyl carbamates (subject to hydrolysis) is 1. The molecule has 1 aromatic rings. The number of halogens is 1. The van der Waals surface area contributed by atoms with Gasteiger partial charge in [0.2, 0.25) is 5.91 Å². The highest BCUT2D eigenvalue weighted by Crippen LogP contribution is 2.22. The molecule has 0 aromatic heterocycles. The highest BCUT2D eigenvalue weighted by Gasteiger charge is 2.35. The molecule has 28 heavy (non-hydrogen) atoms. The van der Waals surface area contributed by atoms with Crippen LogP contribution in [-0.2, 0) is 9.53 Å². The number of rotatable bonds is 6. The van der Waals surface area contributed by atoms with Gasteiger partial charge in [0.1, 0.15) is 6.61 Å². The highest BCUT2D eigenvalue weighted by atomic mass is 35.5. The first-order valence-corrected chi connectivity index (χ1v) is 9.77. The van der Waals surface area contributed by atoms with Gasteiger partial charge in [0, 0.05) is 32.1 Å². The minimum absolute atomic E-state index is 0.0527. The van der Waals surface area contributed by atoms with Gasteiger partial charge in [-0.1, -0.05) is 12.1 Å². The third-order valence-electron chi connectivity index (χ3n) is 4.91. The van der Waals surface area contributed by atoms with E-state index in [1.165, 1.54) is 0 Å². The molecule has 4 amide bonds. The van der Waals surface area contributed by atoms with Crippen LogP contribution in [0.1, 0.15) is 40.0 Å². The zero-order valence-corrected chi connectivity index (χ0v) is 16.1. The van der Waals surface area contributed by atoms with Crippen molar-refractivity contribution in [3.05, 3.63) is 35.4 Å². The molecule has 8 nitrogen and oxygen atoms in total. The number of piperidine rings is 1. The number of hydrogen-bond donors (Lipinski definition) is 1. The second-order valence-electron chi connectivity index (χ2n) is 6.68. The fourth-order valence-electron chi connectivity index (χ4n) is 3.42. The number of nitrogens with zero attached hydrogens (tertiary/aromatic N) is 2. The first-order valence-electron chi connectivity index (χ1n) is 9.23. The zero-order valence-electron chi connectivity index (χ0n) is 15.4. The number of likely N-dealkylation sites (tertiary alicyclic amines) is 1. The van der Waals surface area contributed by atoms with E-state index in [0.29, 0.717) is 37.1 Å². The summed E-state index contributed by atoms with van der Waals surface area (Å²) in [5, 5.41) is 2.76. The Balaban J connectivity index is 1.44. The maximum absolute atomic E-state index is 12.5. The molecule has 1 fully saturated rings. The number of alkyl halides is 1. The molecule has 3 rings (SSSR count). The van der Waals surface area contributed by atoms with Crippen LogP contribution in [0.4, 0.5) is 4.79 Å². The smallest absolute Gasteiger partial charge is 0.407 e. The number of benzene rings is 1. The largest absolute Gasteiger partial charge is 0.448 e. The van der Waals surface area contributed by atoms with Crippen molar-refractivity contribution in [3.8, 4) is 0 Å². The van der Waals surface area contributed by atoms with Gasteiger partial charge in [-0.05, 0) is 25.0 Å². The summed E-state index contributed by atoms with van der Waals surface area (Å²) in [4.78, 5) is 51.5. The van der Waals surface area contributed by atoms with Crippen LogP contribution in [0.3, 0.4) is 0 Å². The van der Waals surface area contributed by atoms with E-state index >= 15 is 0 Å². The first-order chi connectivity index (χ1) is 13.5. The monoisotopic (exact) mass is 407 g/mol. The molecule has 1 N–H and O–H groups in total. The van der Waals surface area contributed by atoms with Crippen molar-refractivity contribution in [2.24, 2.45) is 0 Å². The predicted octanol–water partition coefficient (Wildman–Crippen LogP) is 1.63. The molecule has 2 heterocycles. The molecule has 2 aliphatic rings. The standard InChI is InChI=1S/C19H22ClN3O5/c20-8-12-28-19(27)21-13-5-9-22(10-6-13)16(24)7-11-23-17(25)14-3-1-2-4-15(14)18(23)26/h1-4,13H,5-12H2,(H,21,27). The van der Waals surface area contributed by atoms with Crippen LogP contribution in [-0.4, -0.2) is 71.8 Å². The normalized spacial score (nSPS) is 16.9. The molecule has 0 unspecified atom stereocenters. The summed E-state index contributed by atoms with van der Waals surface area (Å²) < 4.78 is 4.88. The van der Waals surface area contributed by atoms with E-state index in [4.69, 9.17) is 16.3 Å². The molecular weight excluding hydrogens is 386 g/mol. The van der Waals surface area contributed by atoms with E-state index < -0.39 is 6.09 Å². The van der Waals surface area contributed by atoms with E-state index in [0.717, 1.165) is 4.90 Å². The highest BCUT2D eigenvalue weighted by molar-refractivity contribution is 6.21. The fraction of sp³-hybridized carbons (Fsp3) is 0.474. The van der Waals surface area contributed by atoms with Crippen molar-refractivity contribution in [2.45, 2.75) is 25.3 Å². The molecule has 150 valence electrons. The van der Waals surface area contributed by atoms with Crippen molar-refractivity contribution >= 4 is 35.4 Å². The van der Waals surface area contributed by atoms with Crippen LogP contribution in [0.2, 0.25) is 0 Å². The number of hydrogen-bond acceptors (Lipinski definition) is 5. The Morgan fingerprint density at radius 3 is 2.29 bits per heavy atom. The number of fused-ring (bicyclic) bond motifs is 1. The van der Waals surface area contributed by atoms with E-state index in [-0.39, 0.29) is 49.2 Å². The molecule has 1 saturated heterocycles. The lowest BCUT2D eigenvalue weighted by atomic mass is 10.0. The van der Waals surface area contributed by atoms with Crippen LogP contribution in [0.25, 0.3) is 0 Å². The average molecular weight is 408 g/mol. The number of amides is 4. The van der Waals surface area contributed by atoms with Crippen molar-refractivity contribution < 1.29 is 23.9 Å². The van der Waals surface area contributed by atoms with E-state index in [2.05, 4.69) is 5.32 Å². The Hall–Kier alpha value is -2.61. The predicted molar refractivity (Wildman–Crippen MR) is 101 cm³/mol. The Kier molecular flexibility index (Phi) is 6.51. The fourth-order valence-corrected chi connectivity index (χ4v) is 3.50. The van der Waals surface area contributed by atoms with Gasteiger partial charge < -0.3 is 15.0 Å². The number of nitrogens with one attached hydrogen (secondary N) is 1. The van der Waals surface area contributed by atoms with Crippen molar-refractivity contribution in [1.29, 1.82) is 0 Å². The third-order valence-corrected chi connectivity index (χ3v) is 5.06. The number of carbonyl (C=O) groups excluding carboxylic acids is 4. The molecule has 0 bridgehead atoms. The molecule has 0 saturated carbocycles. The number of carbonyl (C=O) groups is 4. The molecule has 0 radical (unpaired) electrons. The van der Waals surface area contributed by atoms with Crippen molar-refractivity contribution in [3.63, 3.8) is 0 Å². The van der Waals surface area contributed by atoms with Gasteiger partial charge in [-0.3, -0.25) is 19.3 Å². The summed E-state index contributed by atoms with van der Waals surface area (Å²) >= 11 is 5.47. The van der Waals surface area contributed by atoms with Gasteiger partial charge in [-0.15, -0.1) is 11.6 Å². The number of imide groups is 1. The van der Waals surface area contributed by atoms with Gasteiger partial charge >= 0.3 is 6.09 Å². The Labute approximate surface area is 167 Å². The second-order valence-corrected chi connectivity index (χ2v) is 7.06. The summed E-state index contributed by atoms with van der Waals surface area (Å²) in [5.74, 6) is -0.578. The molecule has 0 spiro atoms. The van der Waals surface area contributed by atoms with Crippen LogP contribution in [0.5, 0.6) is 0 Å². The van der Waals surface area contributed by atoms with Gasteiger partial charge in [-0.2, -0.15) is 0 Å². The lowest BCUT2D eigenvalue weighted by molar-refractivity contribution is -0.132. The van der Waals surface area contributed by atoms with E-state index in [1.807, 2.05) is 0 Å². The van der Waals surface area contributed by atoms with Crippen molar-refractivity contribution in [1.82, 2.24) is 15.1 Å². The first kappa shape index (κ1) is 20.1. The Morgan fingerprint density at radius 1 is 1.11 bits per heavy atom. The summed E-state index contributed by atoms with van der Waals surface area (Å²) in [6.07, 6.45) is 0.821. The lowest BCUT2D eigenvalue weighted by Crippen LogP contribution is -2.47. The van der Waals surface area contributed by atoms with Gasteiger partial charge in [-0.25, -0.2) is 4.79 Å².